The summed E-state index contributed by atoms with van der Waals surface area (Å²) in [6.07, 6.45) is 2.50. The van der Waals surface area contributed by atoms with Crippen LogP contribution in [0.15, 0.2) is 28.7 Å². The van der Waals surface area contributed by atoms with E-state index in [1.54, 1.807) is 6.21 Å². The highest BCUT2D eigenvalue weighted by Crippen LogP contribution is 2.17. The van der Waals surface area contributed by atoms with Gasteiger partial charge < -0.3 is 4.55 Å². The standard InChI is InChI=1S/C15H23NOS/c1-12(2)14-8-6-7-13(11-14)9-10-16-18(17)15(3,4)5/h6-8,10-12H,9H2,1-5H3. The molecule has 2 nitrogen and oxygen atoms in total. The van der Waals surface area contributed by atoms with Crippen molar-refractivity contribution in [3.8, 4) is 0 Å². The average Bonchev–Trinajstić information content (AvgIpc) is 2.28. The monoisotopic (exact) mass is 265 g/mol. The van der Waals surface area contributed by atoms with Crippen molar-refractivity contribution < 1.29 is 4.55 Å². The fourth-order valence-corrected chi connectivity index (χ4v) is 1.97. The summed E-state index contributed by atoms with van der Waals surface area (Å²) in [5, 5.41) is 0. The summed E-state index contributed by atoms with van der Waals surface area (Å²) in [4.78, 5) is 0. The van der Waals surface area contributed by atoms with Crippen LogP contribution in [-0.4, -0.2) is 15.5 Å². The molecular weight excluding hydrogens is 242 g/mol. The zero-order valence-electron chi connectivity index (χ0n) is 11.9. The molecule has 0 heterocycles. The molecule has 0 aliphatic rings. The minimum atomic E-state index is -1.16. The highest BCUT2D eigenvalue weighted by molar-refractivity contribution is 7.91. The normalized spacial score (nSPS) is 14.4. The molecule has 0 aromatic heterocycles. The van der Waals surface area contributed by atoms with Gasteiger partial charge in [0.05, 0.1) is 6.21 Å². The Morgan fingerprint density at radius 2 is 2.00 bits per heavy atom. The van der Waals surface area contributed by atoms with Crippen LogP contribution in [-0.2, 0) is 17.8 Å². The Labute approximate surface area is 114 Å². The zero-order chi connectivity index (χ0) is 13.8. The van der Waals surface area contributed by atoms with Crippen LogP contribution in [0.2, 0.25) is 0 Å². The van der Waals surface area contributed by atoms with Crippen molar-refractivity contribution in [2.24, 2.45) is 4.40 Å². The van der Waals surface area contributed by atoms with Crippen LogP contribution in [0.25, 0.3) is 0 Å². The maximum Gasteiger partial charge on any atom is 0.144 e. The summed E-state index contributed by atoms with van der Waals surface area (Å²) in [7, 11) is 0. The van der Waals surface area contributed by atoms with Crippen molar-refractivity contribution in [2.45, 2.75) is 51.7 Å². The SMILES string of the molecule is CC(C)c1cccc(CC=N[S+]([O-])C(C)(C)C)c1. The van der Waals surface area contributed by atoms with Crippen LogP contribution < -0.4 is 0 Å². The predicted molar refractivity (Wildman–Crippen MR) is 80.6 cm³/mol. The lowest BCUT2D eigenvalue weighted by Crippen LogP contribution is -2.25. The van der Waals surface area contributed by atoms with E-state index in [4.69, 9.17) is 0 Å². The molecule has 1 aromatic carbocycles. The molecule has 0 spiro atoms. The topological polar surface area (TPSA) is 35.4 Å². The molecule has 1 unspecified atom stereocenters. The predicted octanol–water partition coefficient (Wildman–Crippen LogP) is 3.89. The molecule has 0 radical (unpaired) electrons. The van der Waals surface area contributed by atoms with Crippen molar-refractivity contribution in [1.82, 2.24) is 0 Å². The number of rotatable bonds is 4. The van der Waals surface area contributed by atoms with Gasteiger partial charge >= 0.3 is 0 Å². The highest BCUT2D eigenvalue weighted by atomic mass is 32.2. The summed E-state index contributed by atoms with van der Waals surface area (Å²) in [6.45, 7) is 10.2. The average molecular weight is 265 g/mol. The third-order valence-electron chi connectivity index (χ3n) is 2.64. The van der Waals surface area contributed by atoms with Gasteiger partial charge in [-0.1, -0.05) is 42.5 Å². The van der Waals surface area contributed by atoms with E-state index in [9.17, 15) is 4.55 Å². The Balaban J connectivity index is 2.64. The fourth-order valence-electron chi connectivity index (χ4n) is 1.45. The molecule has 0 aliphatic carbocycles. The molecule has 1 aromatic rings. The van der Waals surface area contributed by atoms with Crippen molar-refractivity contribution in [1.29, 1.82) is 0 Å². The summed E-state index contributed by atoms with van der Waals surface area (Å²) in [5.41, 5.74) is 2.55. The van der Waals surface area contributed by atoms with E-state index in [0.717, 1.165) is 6.42 Å². The first kappa shape index (κ1) is 15.3. The van der Waals surface area contributed by atoms with E-state index in [2.05, 4.69) is 42.5 Å². The van der Waals surface area contributed by atoms with E-state index < -0.39 is 11.4 Å². The molecule has 0 amide bonds. The van der Waals surface area contributed by atoms with Gasteiger partial charge in [0.1, 0.15) is 16.1 Å². The van der Waals surface area contributed by atoms with E-state index in [-0.39, 0.29) is 4.75 Å². The Kier molecular flexibility index (Phi) is 5.42. The maximum absolute atomic E-state index is 11.7. The van der Waals surface area contributed by atoms with E-state index >= 15 is 0 Å². The number of hydrogen-bond donors (Lipinski definition) is 0. The van der Waals surface area contributed by atoms with Gasteiger partial charge in [0.15, 0.2) is 0 Å². The lowest BCUT2D eigenvalue weighted by atomic mass is 10.00. The summed E-state index contributed by atoms with van der Waals surface area (Å²) < 4.78 is 15.6. The molecule has 0 bridgehead atoms. The van der Waals surface area contributed by atoms with Gasteiger partial charge in [-0.2, -0.15) is 0 Å². The minimum absolute atomic E-state index is 0.281. The van der Waals surface area contributed by atoms with Gasteiger partial charge in [-0.25, -0.2) is 0 Å². The molecule has 0 N–H and O–H groups in total. The van der Waals surface area contributed by atoms with E-state index in [1.807, 2.05) is 20.8 Å². The Bertz CT molecular complexity index is 407. The van der Waals surface area contributed by atoms with Crippen LogP contribution in [0.5, 0.6) is 0 Å². The second-order valence-corrected chi connectivity index (χ2v) is 7.69. The maximum atomic E-state index is 11.7. The lowest BCUT2D eigenvalue weighted by Gasteiger charge is -2.17. The summed E-state index contributed by atoms with van der Waals surface area (Å²) >= 11 is -1.16. The first-order chi connectivity index (χ1) is 8.30. The number of nitrogens with zero attached hydrogens (tertiary/aromatic N) is 1. The van der Waals surface area contributed by atoms with Gasteiger partial charge in [-0.15, -0.1) is 0 Å². The first-order valence-corrected chi connectivity index (χ1v) is 7.44. The molecule has 1 rings (SSSR count). The van der Waals surface area contributed by atoms with Crippen LogP contribution in [0, 0.1) is 0 Å². The third kappa shape index (κ3) is 4.83. The second-order valence-electron chi connectivity index (χ2n) is 5.75. The lowest BCUT2D eigenvalue weighted by molar-refractivity contribution is 0.561. The van der Waals surface area contributed by atoms with Crippen LogP contribution in [0.3, 0.4) is 0 Å². The van der Waals surface area contributed by atoms with Gasteiger partial charge in [-0.3, -0.25) is 0 Å². The molecular formula is C15H23NOS. The Morgan fingerprint density at radius 1 is 1.33 bits per heavy atom. The molecule has 0 aliphatic heterocycles. The Morgan fingerprint density at radius 3 is 2.56 bits per heavy atom. The number of hydrogen-bond acceptors (Lipinski definition) is 2. The third-order valence-corrected chi connectivity index (χ3v) is 4.03. The molecule has 3 heteroatoms. The van der Waals surface area contributed by atoms with Crippen LogP contribution in [0.1, 0.15) is 51.7 Å². The molecule has 18 heavy (non-hydrogen) atoms. The number of benzene rings is 1. The second kappa shape index (κ2) is 6.39. The quantitative estimate of drug-likeness (QED) is 0.601. The molecule has 0 saturated heterocycles. The van der Waals surface area contributed by atoms with E-state index in [1.165, 1.54) is 11.1 Å². The largest absolute Gasteiger partial charge is 0.591 e. The van der Waals surface area contributed by atoms with Crippen molar-refractivity contribution in [3.05, 3.63) is 35.4 Å². The minimum Gasteiger partial charge on any atom is -0.591 e. The van der Waals surface area contributed by atoms with Crippen molar-refractivity contribution >= 4 is 17.6 Å². The van der Waals surface area contributed by atoms with Crippen molar-refractivity contribution in [2.75, 3.05) is 0 Å². The van der Waals surface area contributed by atoms with Gasteiger partial charge in [0.25, 0.3) is 0 Å². The van der Waals surface area contributed by atoms with Gasteiger partial charge in [0, 0.05) is 6.42 Å². The van der Waals surface area contributed by atoms with Gasteiger partial charge in [0.2, 0.25) is 0 Å². The summed E-state index contributed by atoms with van der Waals surface area (Å²) in [6, 6.07) is 8.48. The van der Waals surface area contributed by atoms with E-state index in [0.29, 0.717) is 5.92 Å². The smallest absolute Gasteiger partial charge is 0.144 e. The Hall–Kier alpha value is -0.800. The zero-order valence-corrected chi connectivity index (χ0v) is 12.8. The molecule has 0 saturated carbocycles. The fraction of sp³-hybridized carbons (Fsp3) is 0.533. The highest BCUT2D eigenvalue weighted by Gasteiger charge is 2.25. The van der Waals surface area contributed by atoms with Crippen molar-refractivity contribution in [3.63, 3.8) is 0 Å². The molecule has 100 valence electrons. The van der Waals surface area contributed by atoms with Crippen LogP contribution in [0.4, 0.5) is 0 Å². The van der Waals surface area contributed by atoms with Crippen LogP contribution >= 0.6 is 0 Å². The molecule has 0 fully saturated rings. The first-order valence-electron chi connectivity index (χ1n) is 6.34. The molecule has 1 atom stereocenters. The van der Waals surface area contributed by atoms with Gasteiger partial charge in [-0.05, 0) is 37.8 Å². The summed E-state index contributed by atoms with van der Waals surface area (Å²) in [5.74, 6) is 0.533.